The molecular weight excluding hydrogens is 334 g/mol. The molecule has 3 rings (SSSR count). The van der Waals surface area contributed by atoms with Gasteiger partial charge in [0.1, 0.15) is 5.82 Å². The SMILES string of the molecule is N=C1CN(CC2CC(F)(F)[C@H](n3ccc(N)nc3=O)O2)CCC1=CN. The largest absolute Gasteiger partial charge is 0.404 e. The van der Waals surface area contributed by atoms with E-state index >= 15 is 0 Å². The molecule has 3 heterocycles. The van der Waals surface area contributed by atoms with Gasteiger partial charge in [-0.1, -0.05) is 0 Å². The Bertz CT molecular complexity index is 763. The predicted octanol–water partition coefficient (Wildman–Crippen LogP) is 0.316. The summed E-state index contributed by atoms with van der Waals surface area (Å²) in [4.78, 5) is 17.2. The molecule has 1 unspecified atom stereocenters. The van der Waals surface area contributed by atoms with Gasteiger partial charge in [0.2, 0.25) is 6.23 Å². The third-order valence-electron chi connectivity index (χ3n) is 4.42. The Balaban J connectivity index is 1.70. The Hall–Kier alpha value is -2.33. The average molecular weight is 354 g/mol. The van der Waals surface area contributed by atoms with Gasteiger partial charge in [0.05, 0.1) is 11.8 Å². The maximum absolute atomic E-state index is 14.3. The van der Waals surface area contributed by atoms with Gasteiger partial charge in [0.15, 0.2) is 0 Å². The molecule has 2 aliphatic rings. The van der Waals surface area contributed by atoms with Crippen LogP contribution in [0.1, 0.15) is 19.1 Å². The number of rotatable bonds is 3. The number of anilines is 1. The van der Waals surface area contributed by atoms with Gasteiger partial charge in [-0.3, -0.25) is 9.47 Å². The number of likely N-dealkylation sites (tertiary alicyclic amines) is 1. The molecule has 2 saturated heterocycles. The number of nitrogens with zero attached hydrogens (tertiary/aromatic N) is 3. The first kappa shape index (κ1) is 17.5. The lowest BCUT2D eigenvalue weighted by Crippen LogP contribution is -2.41. The van der Waals surface area contributed by atoms with Gasteiger partial charge in [-0.25, -0.2) is 13.6 Å². The molecule has 5 N–H and O–H groups in total. The topological polar surface area (TPSA) is 123 Å². The normalized spacial score (nSPS) is 28.6. The summed E-state index contributed by atoms with van der Waals surface area (Å²) in [5, 5.41) is 7.91. The molecule has 1 aromatic rings. The second-order valence-corrected chi connectivity index (χ2v) is 6.27. The molecule has 0 amide bonds. The predicted molar refractivity (Wildman–Crippen MR) is 87.4 cm³/mol. The van der Waals surface area contributed by atoms with E-state index in [0.29, 0.717) is 25.2 Å². The van der Waals surface area contributed by atoms with Crippen molar-refractivity contribution in [3.05, 3.63) is 34.5 Å². The van der Waals surface area contributed by atoms with E-state index in [1.807, 2.05) is 4.90 Å². The van der Waals surface area contributed by atoms with Crippen molar-refractivity contribution in [1.29, 1.82) is 5.41 Å². The highest BCUT2D eigenvalue weighted by atomic mass is 19.3. The van der Waals surface area contributed by atoms with Crippen molar-refractivity contribution in [2.75, 3.05) is 25.4 Å². The lowest BCUT2D eigenvalue weighted by Gasteiger charge is -2.30. The van der Waals surface area contributed by atoms with E-state index in [-0.39, 0.29) is 12.4 Å². The number of nitrogen functional groups attached to an aromatic ring is 1. The van der Waals surface area contributed by atoms with Crippen molar-refractivity contribution in [1.82, 2.24) is 14.5 Å². The quantitative estimate of drug-likeness (QED) is 0.718. The van der Waals surface area contributed by atoms with Gasteiger partial charge in [-0.15, -0.1) is 0 Å². The molecular formula is C15H20F2N6O2. The number of alkyl halides is 2. The van der Waals surface area contributed by atoms with E-state index in [1.54, 1.807) is 0 Å². The lowest BCUT2D eigenvalue weighted by atomic mass is 10.0. The van der Waals surface area contributed by atoms with Gasteiger partial charge < -0.3 is 21.6 Å². The van der Waals surface area contributed by atoms with Crippen molar-refractivity contribution in [3.63, 3.8) is 0 Å². The summed E-state index contributed by atoms with van der Waals surface area (Å²) < 4.78 is 34.9. The van der Waals surface area contributed by atoms with Crippen LogP contribution in [0.2, 0.25) is 0 Å². The van der Waals surface area contributed by atoms with Gasteiger partial charge >= 0.3 is 5.69 Å². The molecule has 1 aromatic heterocycles. The van der Waals surface area contributed by atoms with Crippen LogP contribution in [0.5, 0.6) is 0 Å². The van der Waals surface area contributed by atoms with Crippen molar-refractivity contribution in [2.45, 2.75) is 31.1 Å². The Morgan fingerprint density at radius 2 is 2.28 bits per heavy atom. The van der Waals surface area contributed by atoms with Gasteiger partial charge in [-0.2, -0.15) is 4.98 Å². The highest BCUT2D eigenvalue weighted by Crippen LogP contribution is 2.42. The molecule has 10 heteroatoms. The van der Waals surface area contributed by atoms with Crippen LogP contribution in [0.4, 0.5) is 14.6 Å². The molecule has 2 atom stereocenters. The number of hydrogen-bond donors (Lipinski definition) is 3. The molecule has 0 radical (unpaired) electrons. The summed E-state index contributed by atoms with van der Waals surface area (Å²) >= 11 is 0. The highest BCUT2D eigenvalue weighted by Gasteiger charge is 2.52. The average Bonchev–Trinajstić information content (AvgIpc) is 2.82. The number of nitrogens with two attached hydrogens (primary N) is 2. The molecule has 0 aliphatic carbocycles. The first-order valence-corrected chi connectivity index (χ1v) is 7.89. The second kappa shape index (κ2) is 6.52. The Kier molecular flexibility index (Phi) is 4.56. The molecule has 0 saturated carbocycles. The van der Waals surface area contributed by atoms with Crippen molar-refractivity contribution < 1.29 is 13.5 Å². The first-order chi connectivity index (χ1) is 11.8. The molecule has 2 aliphatic heterocycles. The second-order valence-electron chi connectivity index (χ2n) is 6.27. The van der Waals surface area contributed by atoms with Crippen LogP contribution >= 0.6 is 0 Å². The van der Waals surface area contributed by atoms with Crippen LogP contribution in [-0.2, 0) is 4.74 Å². The fraction of sp³-hybridized carbons (Fsp3) is 0.533. The molecule has 136 valence electrons. The van der Waals surface area contributed by atoms with Crippen LogP contribution in [0.25, 0.3) is 0 Å². The van der Waals surface area contributed by atoms with Gasteiger partial charge in [0.25, 0.3) is 5.92 Å². The van der Waals surface area contributed by atoms with E-state index in [9.17, 15) is 13.6 Å². The van der Waals surface area contributed by atoms with Gasteiger partial charge in [-0.05, 0) is 24.3 Å². The number of piperidine rings is 1. The van der Waals surface area contributed by atoms with E-state index < -0.39 is 30.4 Å². The Morgan fingerprint density at radius 3 is 2.92 bits per heavy atom. The smallest absolute Gasteiger partial charge is 0.351 e. The number of nitrogens with one attached hydrogen (secondary N) is 1. The maximum Gasteiger partial charge on any atom is 0.351 e. The fourth-order valence-electron chi connectivity index (χ4n) is 3.18. The summed E-state index contributed by atoms with van der Waals surface area (Å²) in [5.41, 5.74) is 11.1. The van der Waals surface area contributed by atoms with Crippen molar-refractivity contribution in [3.8, 4) is 0 Å². The minimum absolute atomic E-state index is 0.0327. The number of ether oxygens (including phenoxy) is 1. The summed E-state index contributed by atoms with van der Waals surface area (Å²) in [6.07, 6.45) is 0.223. The monoisotopic (exact) mass is 354 g/mol. The van der Waals surface area contributed by atoms with Crippen LogP contribution in [0.15, 0.2) is 28.8 Å². The molecule has 0 spiro atoms. The highest BCUT2D eigenvalue weighted by molar-refractivity contribution is 5.99. The molecule has 0 aromatic carbocycles. The van der Waals surface area contributed by atoms with Gasteiger partial charge in [0, 0.05) is 32.3 Å². The van der Waals surface area contributed by atoms with Crippen LogP contribution in [0.3, 0.4) is 0 Å². The first-order valence-electron chi connectivity index (χ1n) is 7.89. The molecule has 2 fully saturated rings. The summed E-state index contributed by atoms with van der Waals surface area (Å²) in [6, 6.07) is 1.28. The molecule has 0 bridgehead atoms. The summed E-state index contributed by atoms with van der Waals surface area (Å²) in [7, 11) is 0. The van der Waals surface area contributed by atoms with Crippen LogP contribution in [-0.4, -0.2) is 51.8 Å². The van der Waals surface area contributed by atoms with E-state index in [1.165, 1.54) is 18.5 Å². The third kappa shape index (κ3) is 3.54. The number of hydrogen-bond acceptors (Lipinski definition) is 7. The summed E-state index contributed by atoms with van der Waals surface area (Å²) in [5.74, 6) is -3.23. The van der Waals surface area contributed by atoms with E-state index in [2.05, 4.69) is 4.98 Å². The van der Waals surface area contributed by atoms with Crippen molar-refractivity contribution >= 4 is 11.5 Å². The zero-order chi connectivity index (χ0) is 18.2. The van der Waals surface area contributed by atoms with Crippen LogP contribution < -0.4 is 17.2 Å². The van der Waals surface area contributed by atoms with E-state index in [0.717, 1.165) is 10.1 Å². The Labute approximate surface area is 142 Å². The third-order valence-corrected chi connectivity index (χ3v) is 4.42. The minimum atomic E-state index is -3.20. The summed E-state index contributed by atoms with van der Waals surface area (Å²) in [6.45, 7) is 1.21. The van der Waals surface area contributed by atoms with Crippen LogP contribution in [0, 0.1) is 5.41 Å². The van der Waals surface area contributed by atoms with Crippen molar-refractivity contribution in [2.24, 2.45) is 5.73 Å². The lowest BCUT2D eigenvalue weighted by molar-refractivity contribution is -0.118. The Morgan fingerprint density at radius 1 is 1.52 bits per heavy atom. The minimum Gasteiger partial charge on any atom is -0.404 e. The zero-order valence-corrected chi connectivity index (χ0v) is 13.5. The number of aromatic nitrogens is 2. The number of halogens is 2. The maximum atomic E-state index is 14.3. The molecule has 8 nitrogen and oxygen atoms in total. The molecule has 25 heavy (non-hydrogen) atoms. The van der Waals surface area contributed by atoms with E-state index in [4.69, 9.17) is 21.6 Å². The zero-order valence-electron chi connectivity index (χ0n) is 13.5. The fourth-order valence-corrected chi connectivity index (χ4v) is 3.18. The standard InChI is InChI=1S/C15H20F2N6O2/c16-15(17)5-10(7-22-3-1-9(6-18)11(19)8-22)25-13(15)23-4-2-12(20)21-14(23)24/h2,4,6,10,13,19H,1,3,5,7-8,18H2,(H2,20,21,24)/t10?,13-/m1/s1.